The number of halogens is 2. The highest BCUT2D eigenvalue weighted by Gasteiger charge is 2.31. The number of benzene rings is 1. The lowest BCUT2D eigenvalue weighted by Crippen LogP contribution is -2.42. The molecule has 1 aromatic carbocycles. The Hall–Kier alpha value is -1.43. The van der Waals surface area contributed by atoms with E-state index < -0.39 is 17.8 Å². The molecule has 0 aliphatic heterocycles. The number of carbonyl (C=O) groups is 2. The number of carbonyl (C=O) groups excluding carboxylic acids is 1. The van der Waals surface area contributed by atoms with Crippen LogP contribution in [0.15, 0.2) is 22.7 Å². The topological polar surface area (TPSA) is 57.6 Å². The molecule has 4 nitrogen and oxygen atoms in total. The Morgan fingerprint density at radius 3 is 2.32 bits per heavy atom. The van der Waals surface area contributed by atoms with Crippen molar-refractivity contribution in [3.05, 3.63) is 34.1 Å². The van der Waals surface area contributed by atoms with E-state index in [-0.39, 0.29) is 22.0 Å². The van der Waals surface area contributed by atoms with Gasteiger partial charge in [-0.05, 0) is 47.5 Å². The normalized spacial score (nSPS) is 12.3. The van der Waals surface area contributed by atoms with Crippen LogP contribution in [-0.2, 0) is 9.59 Å². The standard InChI is InChI=1S/C13H15BrFNO3/c1-7(2)16(8(3)17)12(13(18)19)9-4-5-10(14)11(15)6-9/h4-7,12H,1-3H3,(H,18,19). The van der Waals surface area contributed by atoms with Crippen molar-refractivity contribution in [1.82, 2.24) is 4.90 Å². The first-order valence-electron chi connectivity index (χ1n) is 5.72. The molecule has 1 aromatic rings. The highest BCUT2D eigenvalue weighted by atomic mass is 79.9. The molecule has 0 spiro atoms. The third-order valence-corrected chi connectivity index (χ3v) is 3.33. The first-order chi connectivity index (χ1) is 8.75. The van der Waals surface area contributed by atoms with Gasteiger partial charge in [-0.3, -0.25) is 4.79 Å². The largest absolute Gasteiger partial charge is 0.479 e. The van der Waals surface area contributed by atoms with Crippen LogP contribution in [0.1, 0.15) is 32.4 Å². The maximum Gasteiger partial charge on any atom is 0.331 e. The Morgan fingerprint density at radius 2 is 1.95 bits per heavy atom. The molecule has 1 N–H and O–H groups in total. The minimum atomic E-state index is -1.19. The van der Waals surface area contributed by atoms with E-state index in [1.165, 1.54) is 24.0 Å². The van der Waals surface area contributed by atoms with Crippen molar-refractivity contribution < 1.29 is 19.1 Å². The van der Waals surface area contributed by atoms with Gasteiger partial charge in [0.2, 0.25) is 5.91 Å². The summed E-state index contributed by atoms with van der Waals surface area (Å²) in [4.78, 5) is 24.2. The predicted molar refractivity (Wildman–Crippen MR) is 72.1 cm³/mol. The lowest BCUT2D eigenvalue weighted by molar-refractivity contribution is -0.151. The van der Waals surface area contributed by atoms with E-state index in [1.54, 1.807) is 13.8 Å². The monoisotopic (exact) mass is 331 g/mol. The first kappa shape index (κ1) is 15.6. The third-order valence-electron chi connectivity index (χ3n) is 2.69. The number of hydrogen-bond acceptors (Lipinski definition) is 2. The minimum Gasteiger partial charge on any atom is -0.479 e. The van der Waals surface area contributed by atoms with Crippen LogP contribution in [-0.4, -0.2) is 27.9 Å². The molecule has 0 aliphatic rings. The summed E-state index contributed by atoms with van der Waals surface area (Å²) >= 11 is 3.01. The van der Waals surface area contributed by atoms with Crippen molar-refractivity contribution >= 4 is 27.8 Å². The van der Waals surface area contributed by atoms with Gasteiger partial charge in [0.1, 0.15) is 5.82 Å². The number of amides is 1. The van der Waals surface area contributed by atoms with Crippen LogP contribution < -0.4 is 0 Å². The average molecular weight is 332 g/mol. The molecule has 19 heavy (non-hydrogen) atoms. The van der Waals surface area contributed by atoms with E-state index in [9.17, 15) is 19.1 Å². The predicted octanol–water partition coefficient (Wildman–Crippen LogP) is 2.97. The third kappa shape index (κ3) is 3.53. The zero-order valence-corrected chi connectivity index (χ0v) is 12.4. The Bertz CT molecular complexity index is 505. The number of carboxylic acid groups (broad SMARTS) is 1. The Kier molecular flexibility index (Phi) is 5.05. The molecule has 0 bridgehead atoms. The summed E-state index contributed by atoms with van der Waals surface area (Å²) in [5.74, 6) is -2.12. The molecule has 1 unspecified atom stereocenters. The van der Waals surface area contributed by atoms with Crippen molar-refractivity contribution in [2.75, 3.05) is 0 Å². The van der Waals surface area contributed by atoms with Gasteiger partial charge in [0, 0.05) is 13.0 Å². The fourth-order valence-corrected chi connectivity index (χ4v) is 2.19. The molecular formula is C13H15BrFNO3. The first-order valence-corrected chi connectivity index (χ1v) is 6.51. The van der Waals surface area contributed by atoms with E-state index in [4.69, 9.17) is 0 Å². The molecule has 1 amide bonds. The van der Waals surface area contributed by atoms with Gasteiger partial charge in [-0.15, -0.1) is 0 Å². The zero-order valence-electron chi connectivity index (χ0n) is 10.9. The summed E-state index contributed by atoms with van der Waals surface area (Å²) in [5.41, 5.74) is 0.233. The second kappa shape index (κ2) is 6.14. The summed E-state index contributed by atoms with van der Waals surface area (Å²) in [6, 6.07) is 2.55. The fourth-order valence-electron chi connectivity index (χ4n) is 1.95. The van der Waals surface area contributed by atoms with Gasteiger partial charge in [-0.25, -0.2) is 9.18 Å². The Balaban J connectivity index is 3.30. The number of rotatable bonds is 4. The van der Waals surface area contributed by atoms with Crippen LogP contribution in [0.4, 0.5) is 4.39 Å². The van der Waals surface area contributed by atoms with E-state index in [0.29, 0.717) is 0 Å². The molecule has 104 valence electrons. The number of hydrogen-bond donors (Lipinski definition) is 1. The number of carboxylic acids is 1. The van der Waals surface area contributed by atoms with Gasteiger partial charge in [-0.1, -0.05) is 6.07 Å². The molecule has 0 saturated carbocycles. The average Bonchev–Trinajstić information content (AvgIpc) is 2.28. The lowest BCUT2D eigenvalue weighted by atomic mass is 10.0. The van der Waals surface area contributed by atoms with Crippen molar-refractivity contribution in [3.8, 4) is 0 Å². The molecule has 0 radical (unpaired) electrons. The van der Waals surface area contributed by atoms with E-state index in [2.05, 4.69) is 15.9 Å². The molecular weight excluding hydrogens is 317 g/mol. The van der Waals surface area contributed by atoms with Crippen LogP contribution in [0.3, 0.4) is 0 Å². The molecule has 0 aliphatic carbocycles. The van der Waals surface area contributed by atoms with E-state index >= 15 is 0 Å². The van der Waals surface area contributed by atoms with Crippen molar-refractivity contribution in [2.24, 2.45) is 0 Å². The maximum atomic E-state index is 13.5. The summed E-state index contributed by atoms with van der Waals surface area (Å²) in [6.07, 6.45) is 0. The van der Waals surface area contributed by atoms with Crippen LogP contribution in [0.2, 0.25) is 0 Å². The molecule has 0 heterocycles. The Morgan fingerprint density at radius 1 is 1.37 bits per heavy atom. The second-order valence-electron chi connectivity index (χ2n) is 4.43. The van der Waals surface area contributed by atoms with Crippen molar-refractivity contribution in [1.29, 1.82) is 0 Å². The van der Waals surface area contributed by atoms with Gasteiger partial charge in [0.15, 0.2) is 6.04 Å². The SMILES string of the molecule is CC(=O)N(C(C)C)C(C(=O)O)c1ccc(Br)c(F)c1. The van der Waals surface area contributed by atoms with Crippen LogP contribution in [0.5, 0.6) is 0 Å². The molecule has 0 fully saturated rings. The fraction of sp³-hybridized carbons (Fsp3) is 0.385. The highest BCUT2D eigenvalue weighted by molar-refractivity contribution is 9.10. The van der Waals surface area contributed by atoms with Crippen molar-refractivity contribution in [2.45, 2.75) is 32.9 Å². The number of nitrogens with zero attached hydrogens (tertiary/aromatic N) is 1. The van der Waals surface area contributed by atoms with Gasteiger partial charge < -0.3 is 10.0 Å². The molecule has 1 rings (SSSR count). The van der Waals surface area contributed by atoms with Crippen LogP contribution in [0, 0.1) is 5.82 Å². The van der Waals surface area contributed by atoms with Gasteiger partial charge in [-0.2, -0.15) is 0 Å². The quantitative estimate of drug-likeness (QED) is 0.922. The van der Waals surface area contributed by atoms with E-state index in [0.717, 1.165) is 6.07 Å². The van der Waals surface area contributed by atoms with Gasteiger partial charge >= 0.3 is 5.97 Å². The molecule has 1 atom stereocenters. The zero-order chi connectivity index (χ0) is 14.7. The summed E-state index contributed by atoms with van der Waals surface area (Å²) in [7, 11) is 0. The van der Waals surface area contributed by atoms with E-state index in [1.807, 2.05) is 0 Å². The van der Waals surface area contributed by atoms with Gasteiger partial charge in [0.25, 0.3) is 0 Å². The van der Waals surface area contributed by atoms with Crippen molar-refractivity contribution in [3.63, 3.8) is 0 Å². The lowest BCUT2D eigenvalue weighted by Gasteiger charge is -2.31. The van der Waals surface area contributed by atoms with Crippen LogP contribution in [0.25, 0.3) is 0 Å². The minimum absolute atomic E-state index is 0.233. The number of aliphatic carboxylic acids is 1. The molecule has 6 heteroatoms. The summed E-state index contributed by atoms with van der Waals surface area (Å²) in [5, 5.41) is 9.33. The molecule has 0 aromatic heterocycles. The van der Waals surface area contributed by atoms with Gasteiger partial charge in [0.05, 0.1) is 4.47 Å². The maximum absolute atomic E-state index is 13.5. The smallest absolute Gasteiger partial charge is 0.331 e. The van der Waals surface area contributed by atoms with Crippen LogP contribution >= 0.6 is 15.9 Å². The second-order valence-corrected chi connectivity index (χ2v) is 5.29. The highest BCUT2D eigenvalue weighted by Crippen LogP contribution is 2.27. The molecule has 0 saturated heterocycles. The summed E-state index contributed by atoms with van der Waals surface area (Å²) in [6.45, 7) is 4.73. The Labute approximate surface area is 119 Å². The summed E-state index contributed by atoms with van der Waals surface area (Å²) < 4.78 is 13.8.